The molecule has 1 unspecified atom stereocenters. The van der Waals surface area contributed by atoms with E-state index < -0.39 is 0 Å². The van der Waals surface area contributed by atoms with Crippen LogP contribution in [0.5, 0.6) is 0 Å². The third-order valence-corrected chi connectivity index (χ3v) is 4.43. The first-order chi connectivity index (χ1) is 11.7. The molecule has 2 amide bonds. The van der Waals surface area contributed by atoms with E-state index in [-0.39, 0.29) is 23.1 Å². The second-order valence-electron chi connectivity index (χ2n) is 7.12. The van der Waals surface area contributed by atoms with Crippen molar-refractivity contribution in [1.82, 2.24) is 5.32 Å². The molecule has 2 aliphatic rings. The van der Waals surface area contributed by atoms with Gasteiger partial charge in [-0.15, -0.1) is 0 Å². The molecule has 0 saturated carbocycles. The zero-order valence-electron chi connectivity index (χ0n) is 14.3. The van der Waals surface area contributed by atoms with Crippen LogP contribution >= 0.6 is 11.6 Å². The summed E-state index contributed by atoms with van der Waals surface area (Å²) in [7, 11) is 0. The van der Waals surface area contributed by atoms with Crippen LogP contribution in [0.2, 0.25) is 5.02 Å². The quantitative estimate of drug-likeness (QED) is 0.825. The Kier molecular flexibility index (Phi) is 4.48. The molecule has 0 aromatic heterocycles. The standard InChI is InChI=1S/C20H19ClN2O2/c1-20(2,3)16-11-18(24)23-17-10-14(8-9-15(16)17)22-19(25)12-4-6-13(21)7-5-12/h4-11,15H,1-3H3,(H,23,24). The first kappa shape index (κ1) is 17.4. The van der Waals surface area contributed by atoms with Gasteiger partial charge >= 0.3 is 0 Å². The van der Waals surface area contributed by atoms with Crippen LogP contribution in [-0.2, 0) is 4.79 Å². The summed E-state index contributed by atoms with van der Waals surface area (Å²) in [5.41, 5.74) is 2.65. The number of fused-ring (bicyclic) bond motifs is 1. The highest BCUT2D eigenvalue weighted by Gasteiger charge is 2.32. The molecule has 0 saturated heterocycles. The molecule has 0 radical (unpaired) electrons. The molecule has 0 fully saturated rings. The largest absolute Gasteiger partial charge is 0.325 e. The van der Waals surface area contributed by atoms with E-state index in [9.17, 15) is 9.59 Å². The van der Waals surface area contributed by atoms with Crippen molar-refractivity contribution in [3.8, 4) is 0 Å². The molecule has 25 heavy (non-hydrogen) atoms. The Morgan fingerprint density at radius 1 is 1.16 bits per heavy atom. The van der Waals surface area contributed by atoms with Crippen molar-refractivity contribution in [3.05, 3.63) is 70.4 Å². The monoisotopic (exact) mass is 354 g/mol. The average molecular weight is 355 g/mol. The summed E-state index contributed by atoms with van der Waals surface area (Å²) in [5.74, 6) is -0.492. The Hall–Kier alpha value is -2.46. The molecular weight excluding hydrogens is 336 g/mol. The molecule has 1 atom stereocenters. The van der Waals surface area contributed by atoms with Gasteiger partial charge in [0.15, 0.2) is 0 Å². The summed E-state index contributed by atoms with van der Waals surface area (Å²) < 4.78 is 0. The van der Waals surface area contributed by atoms with Crippen LogP contribution < -0.4 is 5.32 Å². The topological polar surface area (TPSA) is 58.5 Å². The maximum atomic E-state index is 12.3. The van der Waals surface area contributed by atoms with E-state index in [4.69, 9.17) is 11.6 Å². The van der Waals surface area contributed by atoms with E-state index in [2.05, 4.69) is 31.1 Å². The molecule has 1 aliphatic carbocycles. The number of allylic oxidation sites excluding steroid dienone is 3. The lowest BCUT2D eigenvalue weighted by atomic mass is 9.74. The number of halogens is 1. The maximum absolute atomic E-state index is 12.3. The number of carbonyl (C=O) groups excluding carboxylic acids is 2. The average Bonchev–Trinajstić information content (AvgIpc) is 2.53. The van der Waals surface area contributed by atoms with Crippen molar-refractivity contribution in [2.75, 3.05) is 0 Å². The van der Waals surface area contributed by atoms with Gasteiger partial charge < -0.3 is 5.32 Å². The third-order valence-electron chi connectivity index (χ3n) is 4.17. The molecule has 1 aliphatic heterocycles. The lowest BCUT2D eigenvalue weighted by Gasteiger charge is -2.34. The molecule has 1 aromatic rings. The molecule has 0 spiro atoms. The van der Waals surface area contributed by atoms with E-state index in [1.54, 1.807) is 36.4 Å². The van der Waals surface area contributed by atoms with Crippen LogP contribution in [0.25, 0.3) is 0 Å². The molecule has 1 aromatic carbocycles. The van der Waals surface area contributed by atoms with E-state index in [0.717, 1.165) is 11.3 Å². The fraction of sp³-hybridized carbons (Fsp3) is 0.250. The molecule has 1 N–H and O–H groups in total. The lowest BCUT2D eigenvalue weighted by Crippen LogP contribution is -2.36. The second kappa shape index (κ2) is 6.45. The van der Waals surface area contributed by atoms with Gasteiger partial charge in [-0.3, -0.25) is 9.59 Å². The first-order valence-corrected chi connectivity index (χ1v) is 8.43. The smallest absolute Gasteiger partial charge is 0.277 e. The molecule has 1 heterocycles. The number of nitrogens with zero attached hydrogens (tertiary/aromatic N) is 1. The third kappa shape index (κ3) is 3.80. The van der Waals surface area contributed by atoms with Gasteiger partial charge in [0.1, 0.15) is 0 Å². The Morgan fingerprint density at radius 2 is 1.84 bits per heavy atom. The van der Waals surface area contributed by atoms with E-state index in [0.29, 0.717) is 16.3 Å². The molecule has 128 valence electrons. The zero-order valence-corrected chi connectivity index (χ0v) is 15.1. The summed E-state index contributed by atoms with van der Waals surface area (Å²) in [5, 5.41) is 3.42. The fourth-order valence-electron chi connectivity index (χ4n) is 2.92. The number of hydrogen-bond acceptors (Lipinski definition) is 2. The predicted octanol–water partition coefficient (Wildman–Crippen LogP) is 4.09. The number of benzene rings is 1. The lowest BCUT2D eigenvalue weighted by molar-refractivity contribution is -0.116. The summed E-state index contributed by atoms with van der Waals surface area (Å²) in [4.78, 5) is 28.4. The molecule has 0 bridgehead atoms. The number of aliphatic imine (C=N–C) groups is 1. The highest BCUT2D eigenvalue weighted by molar-refractivity contribution is 6.30. The molecule has 4 nitrogen and oxygen atoms in total. The predicted molar refractivity (Wildman–Crippen MR) is 99.6 cm³/mol. The van der Waals surface area contributed by atoms with Crippen LogP contribution in [0.3, 0.4) is 0 Å². The van der Waals surface area contributed by atoms with E-state index in [1.807, 2.05) is 12.2 Å². The summed E-state index contributed by atoms with van der Waals surface area (Å²) in [6.45, 7) is 6.24. The number of hydrogen-bond donors (Lipinski definition) is 1. The van der Waals surface area contributed by atoms with Crippen LogP contribution in [0.1, 0.15) is 31.1 Å². The van der Waals surface area contributed by atoms with Gasteiger partial charge in [0, 0.05) is 28.3 Å². The number of nitrogens with one attached hydrogen (secondary N) is 1. The maximum Gasteiger partial charge on any atom is 0.277 e. The van der Waals surface area contributed by atoms with Crippen molar-refractivity contribution in [2.45, 2.75) is 20.8 Å². The summed E-state index contributed by atoms with van der Waals surface area (Å²) in [6.07, 6.45) is 7.21. The van der Waals surface area contributed by atoms with Crippen molar-refractivity contribution < 1.29 is 9.59 Å². The van der Waals surface area contributed by atoms with Gasteiger partial charge in [-0.2, -0.15) is 0 Å². The van der Waals surface area contributed by atoms with Gasteiger partial charge in [-0.05, 0) is 47.4 Å². The van der Waals surface area contributed by atoms with Crippen LogP contribution in [0.15, 0.2) is 64.8 Å². The minimum absolute atomic E-state index is 0.00211. The van der Waals surface area contributed by atoms with Crippen LogP contribution in [0.4, 0.5) is 0 Å². The van der Waals surface area contributed by atoms with Gasteiger partial charge in [-0.1, -0.05) is 38.4 Å². The van der Waals surface area contributed by atoms with Gasteiger partial charge in [0.2, 0.25) is 5.91 Å². The van der Waals surface area contributed by atoms with E-state index >= 15 is 0 Å². The highest BCUT2D eigenvalue weighted by atomic mass is 35.5. The Labute approximate surface area is 152 Å². The Balaban J connectivity index is 1.89. The van der Waals surface area contributed by atoms with Crippen LogP contribution in [-0.4, -0.2) is 17.5 Å². The molecular formula is C20H19ClN2O2. The zero-order chi connectivity index (χ0) is 18.2. The molecule has 3 rings (SSSR count). The van der Waals surface area contributed by atoms with Gasteiger partial charge in [-0.25, -0.2) is 4.99 Å². The van der Waals surface area contributed by atoms with E-state index in [1.165, 1.54) is 0 Å². The number of carbonyl (C=O) groups is 2. The minimum atomic E-state index is -0.347. The summed E-state index contributed by atoms with van der Waals surface area (Å²) >= 11 is 5.84. The van der Waals surface area contributed by atoms with Gasteiger partial charge in [0.05, 0.1) is 5.71 Å². The van der Waals surface area contributed by atoms with Crippen molar-refractivity contribution >= 4 is 29.1 Å². The highest BCUT2D eigenvalue weighted by Crippen LogP contribution is 2.38. The normalized spacial score (nSPS) is 21.4. The Morgan fingerprint density at radius 3 is 2.48 bits per heavy atom. The molecule has 5 heteroatoms. The van der Waals surface area contributed by atoms with Crippen molar-refractivity contribution in [2.24, 2.45) is 16.3 Å². The van der Waals surface area contributed by atoms with Gasteiger partial charge in [0.25, 0.3) is 5.91 Å². The fourth-order valence-corrected chi connectivity index (χ4v) is 3.04. The van der Waals surface area contributed by atoms with Crippen molar-refractivity contribution in [1.29, 1.82) is 0 Å². The number of amides is 2. The Bertz CT molecular complexity index is 853. The SMILES string of the molecule is CC(C)(C)C1=CC(=O)NC2=CC(=NC(=O)c3ccc(Cl)cc3)C=CC21. The van der Waals surface area contributed by atoms with Crippen LogP contribution in [0, 0.1) is 11.3 Å². The summed E-state index contributed by atoms with van der Waals surface area (Å²) in [6, 6.07) is 6.59. The minimum Gasteiger partial charge on any atom is -0.325 e. The number of rotatable bonds is 1. The second-order valence-corrected chi connectivity index (χ2v) is 7.56. The van der Waals surface area contributed by atoms with Crippen molar-refractivity contribution in [3.63, 3.8) is 0 Å². The first-order valence-electron chi connectivity index (χ1n) is 8.05.